The number of benzene rings is 1. The van der Waals surface area contributed by atoms with Gasteiger partial charge >= 0.3 is 0 Å². The van der Waals surface area contributed by atoms with Crippen molar-refractivity contribution >= 4 is 28.4 Å². The standard InChI is InChI=1S/C6H6ClNO3S/c7-3-1-4(8)6(9)5(2-3)12(10)11/h1-2,9H,8H2,(H,10,11)/p-1. The van der Waals surface area contributed by atoms with E-state index in [4.69, 9.17) is 22.4 Å². The maximum absolute atomic E-state index is 10.5. The molecule has 1 rings (SSSR count). The Kier molecular flexibility index (Phi) is 2.56. The number of halogens is 1. The van der Waals surface area contributed by atoms with Gasteiger partial charge in [0.2, 0.25) is 0 Å². The van der Waals surface area contributed by atoms with Gasteiger partial charge in [0.15, 0.2) is 5.75 Å². The molecule has 0 aliphatic heterocycles. The molecule has 0 saturated heterocycles. The van der Waals surface area contributed by atoms with Crippen molar-refractivity contribution in [1.82, 2.24) is 0 Å². The van der Waals surface area contributed by atoms with Crippen molar-refractivity contribution in [3.05, 3.63) is 17.2 Å². The predicted octanol–water partition coefficient (Wildman–Crippen LogP) is 0.866. The van der Waals surface area contributed by atoms with Gasteiger partial charge in [0.1, 0.15) is 0 Å². The Morgan fingerprint density at radius 1 is 1.58 bits per heavy atom. The molecule has 1 aromatic rings. The van der Waals surface area contributed by atoms with E-state index in [0.717, 1.165) is 6.07 Å². The molecule has 0 aliphatic carbocycles. The zero-order valence-corrected chi connectivity index (χ0v) is 7.35. The van der Waals surface area contributed by atoms with Crippen molar-refractivity contribution in [3.8, 4) is 5.75 Å². The second kappa shape index (κ2) is 3.30. The van der Waals surface area contributed by atoms with Crippen LogP contribution in [0, 0.1) is 0 Å². The van der Waals surface area contributed by atoms with Crippen molar-refractivity contribution in [2.24, 2.45) is 0 Å². The molecule has 0 fully saturated rings. The fourth-order valence-corrected chi connectivity index (χ4v) is 1.51. The number of aromatic hydroxyl groups is 1. The van der Waals surface area contributed by atoms with Crippen LogP contribution in [0.2, 0.25) is 5.02 Å². The molecule has 1 atom stereocenters. The molecule has 0 radical (unpaired) electrons. The highest BCUT2D eigenvalue weighted by molar-refractivity contribution is 7.79. The molecular weight excluding hydrogens is 202 g/mol. The minimum Gasteiger partial charge on any atom is -0.768 e. The highest BCUT2D eigenvalue weighted by atomic mass is 35.5. The zero-order valence-electron chi connectivity index (χ0n) is 5.78. The molecule has 1 aromatic carbocycles. The lowest BCUT2D eigenvalue weighted by atomic mass is 10.3. The van der Waals surface area contributed by atoms with Crippen LogP contribution in [0.3, 0.4) is 0 Å². The van der Waals surface area contributed by atoms with Crippen LogP contribution in [0.4, 0.5) is 5.69 Å². The molecule has 66 valence electrons. The van der Waals surface area contributed by atoms with Crippen LogP contribution in [-0.4, -0.2) is 13.9 Å². The van der Waals surface area contributed by atoms with Crippen molar-refractivity contribution in [1.29, 1.82) is 0 Å². The van der Waals surface area contributed by atoms with Crippen molar-refractivity contribution in [3.63, 3.8) is 0 Å². The van der Waals surface area contributed by atoms with Gasteiger partial charge in [-0.25, -0.2) is 0 Å². The Hall–Kier alpha value is -0.780. The first kappa shape index (κ1) is 9.31. The van der Waals surface area contributed by atoms with Gasteiger partial charge < -0.3 is 15.4 Å². The third-order valence-electron chi connectivity index (χ3n) is 1.25. The first-order valence-electron chi connectivity index (χ1n) is 2.89. The minimum absolute atomic E-state index is 0.0540. The average molecular weight is 207 g/mol. The summed E-state index contributed by atoms with van der Waals surface area (Å²) >= 11 is 2.98. The lowest BCUT2D eigenvalue weighted by Crippen LogP contribution is -1.94. The van der Waals surface area contributed by atoms with E-state index in [1.807, 2.05) is 0 Å². The van der Waals surface area contributed by atoms with Crippen LogP contribution in [0.1, 0.15) is 0 Å². The van der Waals surface area contributed by atoms with E-state index < -0.39 is 16.8 Å². The number of rotatable bonds is 1. The van der Waals surface area contributed by atoms with Gasteiger partial charge in [-0.3, -0.25) is 4.21 Å². The SMILES string of the molecule is Nc1cc(Cl)cc(S(=O)[O-])c1O. The van der Waals surface area contributed by atoms with E-state index >= 15 is 0 Å². The lowest BCUT2D eigenvalue weighted by Gasteiger charge is -2.09. The average Bonchev–Trinajstić information content (AvgIpc) is 1.96. The first-order chi connectivity index (χ1) is 5.52. The first-order valence-corrected chi connectivity index (χ1v) is 4.35. The number of phenols is 1. The number of nitrogen functional groups attached to an aromatic ring is 1. The molecule has 0 spiro atoms. The summed E-state index contributed by atoms with van der Waals surface area (Å²) in [6, 6.07) is 2.39. The number of nitrogens with two attached hydrogens (primary N) is 1. The van der Waals surface area contributed by atoms with Crippen molar-refractivity contribution in [2.45, 2.75) is 4.90 Å². The van der Waals surface area contributed by atoms with Crippen molar-refractivity contribution in [2.75, 3.05) is 5.73 Å². The maximum atomic E-state index is 10.5. The number of hydrogen-bond acceptors (Lipinski definition) is 4. The van der Waals surface area contributed by atoms with Gasteiger partial charge in [-0.05, 0) is 23.2 Å². The van der Waals surface area contributed by atoms with Gasteiger partial charge in [0, 0.05) is 5.02 Å². The molecule has 0 amide bonds. The summed E-state index contributed by atoms with van der Waals surface area (Å²) in [4.78, 5) is -0.292. The third-order valence-corrected chi connectivity index (χ3v) is 2.14. The second-order valence-corrected chi connectivity index (χ2v) is 3.42. The highest BCUT2D eigenvalue weighted by Gasteiger charge is 2.06. The van der Waals surface area contributed by atoms with Crippen LogP contribution < -0.4 is 5.73 Å². The van der Waals surface area contributed by atoms with Crippen LogP contribution in [0.15, 0.2) is 17.0 Å². The Morgan fingerprint density at radius 3 is 2.67 bits per heavy atom. The smallest absolute Gasteiger partial charge is 0.153 e. The van der Waals surface area contributed by atoms with Gasteiger partial charge in [-0.2, -0.15) is 0 Å². The lowest BCUT2D eigenvalue weighted by molar-refractivity contribution is 0.458. The summed E-state index contributed by atoms with van der Waals surface area (Å²) in [5.74, 6) is -0.465. The van der Waals surface area contributed by atoms with Gasteiger partial charge in [0.05, 0.1) is 10.6 Å². The molecule has 0 bridgehead atoms. The second-order valence-electron chi connectivity index (χ2n) is 2.08. The Morgan fingerprint density at radius 2 is 2.17 bits per heavy atom. The summed E-state index contributed by atoms with van der Waals surface area (Å²) in [6.45, 7) is 0. The monoisotopic (exact) mass is 206 g/mol. The normalized spacial score (nSPS) is 12.8. The van der Waals surface area contributed by atoms with Crippen LogP contribution in [-0.2, 0) is 11.1 Å². The van der Waals surface area contributed by atoms with Gasteiger partial charge in [-0.1, -0.05) is 11.6 Å². The maximum Gasteiger partial charge on any atom is 0.153 e. The van der Waals surface area contributed by atoms with Crippen LogP contribution in [0.5, 0.6) is 5.75 Å². The molecule has 3 N–H and O–H groups in total. The quantitative estimate of drug-likeness (QED) is 0.406. The molecule has 6 heteroatoms. The molecule has 0 heterocycles. The Bertz CT molecular complexity index is 342. The van der Waals surface area contributed by atoms with Gasteiger partial charge in [0.25, 0.3) is 0 Å². The summed E-state index contributed by atoms with van der Waals surface area (Å²) in [7, 11) is 0. The summed E-state index contributed by atoms with van der Waals surface area (Å²) < 4.78 is 20.9. The van der Waals surface area contributed by atoms with Crippen LogP contribution >= 0.6 is 11.6 Å². The molecule has 4 nitrogen and oxygen atoms in total. The Balaban J connectivity index is 3.37. The van der Waals surface area contributed by atoms with Crippen LogP contribution in [0.25, 0.3) is 0 Å². The fourth-order valence-electron chi connectivity index (χ4n) is 0.721. The highest BCUT2D eigenvalue weighted by Crippen LogP contribution is 2.30. The van der Waals surface area contributed by atoms with E-state index in [1.165, 1.54) is 6.07 Å². The van der Waals surface area contributed by atoms with E-state index in [2.05, 4.69) is 0 Å². The zero-order chi connectivity index (χ0) is 9.30. The summed E-state index contributed by atoms with van der Waals surface area (Å²) in [5.41, 5.74) is 5.20. The number of phenolic OH excluding ortho intramolecular Hbond substituents is 1. The van der Waals surface area contributed by atoms with E-state index in [9.17, 15) is 8.76 Å². The molecule has 12 heavy (non-hydrogen) atoms. The molecule has 0 aromatic heterocycles. The molecular formula is C6H5ClNO3S-. The minimum atomic E-state index is -2.53. The fraction of sp³-hybridized carbons (Fsp3) is 0. The number of hydrogen-bond donors (Lipinski definition) is 2. The van der Waals surface area contributed by atoms with E-state index in [-0.39, 0.29) is 15.6 Å². The topological polar surface area (TPSA) is 86.4 Å². The molecule has 0 saturated carbocycles. The number of anilines is 1. The summed E-state index contributed by atoms with van der Waals surface area (Å²) in [6.07, 6.45) is 0. The van der Waals surface area contributed by atoms with E-state index in [1.54, 1.807) is 0 Å². The summed E-state index contributed by atoms with van der Waals surface area (Å²) in [5, 5.41) is 9.29. The van der Waals surface area contributed by atoms with E-state index in [0.29, 0.717) is 0 Å². The Labute approximate surface area is 76.2 Å². The largest absolute Gasteiger partial charge is 0.768 e. The van der Waals surface area contributed by atoms with Gasteiger partial charge in [-0.15, -0.1) is 0 Å². The van der Waals surface area contributed by atoms with Crippen molar-refractivity contribution < 1.29 is 13.9 Å². The predicted molar refractivity (Wildman–Crippen MR) is 44.7 cm³/mol. The third kappa shape index (κ3) is 1.69. The molecule has 1 unspecified atom stereocenters. The molecule has 0 aliphatic rings.